The SMILES string of the molecule is Cc1ccc(C(O)Cc2nc3ccccc3n2C)c(Cl)c1. The summed E-state index contributed by atoms with van der Waals surface area (Å²) in [6.45, 7) is 1.98. The quantitative estimate of drug-likeness (QED) is 0.798. The van der Waals surface area contributed by atoms with Crippen molar-refractivity contribution in [2.75, 3.05) is 0 Å². The molecule has 1 atom stereocenters. The number of aryl methyl sites for hydroxylation is 2. The summed E-state index contributed by atoms with van der Waals surface area (Å²) in [5.74, 6) is 0.848. The lowest BCUT2D eigenvalue weighted by molar-refractivity contribution is 0.175. The number of aliphatic hydroxyl groups is 1. The van der Waals surface area contributed by atoms with E-state index in [1.165, 1.54) is 0 Å². The predicted octanol–water partition coefficient (Wildman–Crippen LogP) is 3.81. The summed E-state index contributed by atoms with van der Waals surface area (Å²) in [4.78, 5) is 4.58. The monoisotopic (exact) mass is 300 g/mol. The number of nitrogens with zero attached hydrogens (tertiary/aromatic N) is 2. The zero-order valence-corrected chi connectivity index (χ0v) is 12.8. The molecule has 3 aromatic rings. The highest BCUT2D eigenvalue weighted by atomic mass is 35.5. The molecule has 0 aliphatic heterocycles. The van der Waals surface area contributed by atoms with Crippen LogP contribution in [0.4, 0.5) is 0 Å². The van der Waals surface area contributed by atoms with Crippen LogP contribution >= 0.6 is 11.6 Å². The number of aromatic nitrogens is 2. The Kier molecular flexibility index (Phi) is 3.70. The van der Waals surface area contributed by atoms with Crippen molar-refractivity contribution in [1.82, 2.24) is 9.55 Å². The summed E-state index contributed by atoms with van der Waals surface area (Å²) in [5.41, 5.74) is 3.83. The Morgan fingerprint density at radius 3 is 2.71 bits per heavy atom. The van der Waals surface area contributed by atoms with Crippen LogP contribution in [0.15, 0.2) is 42.5 Å². The summed E-state index contributed by atoms with van der Waals surface area (Å²) < 4.78 is 2.01. The number of fused-ring (bicyclic) bond motifs is 1. The predicted molar refractivity (Wildman–Crippen MR) is 85.6 cm³/mol. The van der Waals surface area contributed by atoms with Gasteiger partial charge >= 0.3 is 0 Å². The standard InChI is InChI=1S/C17H17ClN2O/c1-11-7-8-12(13(18)9-11)16(21)10-17-19-14-5-3-4-6-15(14)20(17)2/h3-9,16,21H,10H2,1-2H3. The number of imidazole rings is 1. The first kappa shape index (κ1) is 14.1. The highest BCUT2D eigenvalue weighted by Gasteiger charge is 2.16. The number of hydrogen-bond acceptors (Lipinski definition) is 2. The second kappa shape index (κ2) is 5.51. The Bertz CT molecular complexity index is 795. The fourth-order valence-corrected chi connectivity index (χ4v) is 2.92. The average Bonchev–Trinajstić information content (AvgIpc) is 2.76. The Labute approximate surface area is 128 Å². The van der Waals surface area contributed by atoms with E-state index in [9.17, 15) is 5.11 Å². The molecule has 0 saturated carbocycles. The third-order valence-electron chi connectivity index (χ3n) is 3.77. The van der Waals surface area contributed by atoms with Gasteiger partial charge in [-0.3, -0.25) is 0 Å². The molecular weight excluding hydrogens is 284 g/mol. The first-order chi connectivity index (χ1) is 10.1. The van der Waals surface area contributed by atoms with E-state index in [-0.39, 0.29) is 0 Å². The van der Waals surface area contributed by atoms with Crippen molar-refractivity contribution in [3.05, 3.63) is 64.4 Å². The van der Waals surface area contributed by atoms with Gasteiger partial charge in [-0.15, -0.1) is 0 Å². The van der Waals surface area contributed by atoms with Gasteiger partial charge in [-0.2, -0.15) is 0 Å². The molecule has 0 saturated heterocycles. The van der Waals surface area contributed by atoms with Crippen molar-refractivity contribution in [2.24, 2.45) is 7.05 Å². The van der Waals surface area contributed by atoms with Crippen LogP contribution in [0.2, 0.25) is 5.02 Å². The van der Waals surface area contributed by atoms with Crippen LogP contribution in [0.5, 0.6) is 0 Å². The van der Waals surface area contributed by atoms with Crippen molar-refractivity contribution in [1.29, 1.82) is 0 Å². The number of para-hydroxylation sites is 2. The lowest BCUT2D eigenvalue weighted by Gasteiger charge is -2.13. The molecule has 0 fully saturated rings. The summed E-state index contributed by atoms with van der Waals surface area (Å²) >= 11 is 6.22. The van der Waals surface area contributed by atoms with Crippen molar-refractivity contribution < 1.29 is 5.11 Å². The summed E-state index contributed by atoms with van der Waals surface area (Å²) in [5, 5.41) is 11.1. The number of aliphatic hydroxyl groups excluding tert-OH is 1. The molecule has 2 aromatic carbocycles. The topological polar surface area (TPSA) is 38.1 Å². The van der Waals surface area contributed by atoms with Gasteiger partial charge in [-0.1, -0.05) is 35.9 Å². The molecule has 0 amide bonds. The van der Waals surface area contributed by atoms with Crippen LogP contribution in [0.3, 0.4) is 0 Å². The van der Waals surface area contributed by atoms with E-state index in [0.29, 0.717) is 11.4 Å². The van der Waals surface area contributed by atoms with Gasteiger partial charge in [0.25, 0.3) is 0 Å². The third kappa shape index (κ3) is 2.67. The Balaban J connectivity index is 1.92. The maximum Gasteiger partial charge on any atom is 0.112 e. The van der Waals surface area contributed by atoms with E-state index in [0.717, 1.165) is 28.0 Å². The smallest absolute Gasteiger partial charge is 0.112 e. The minimum atomic E-state index is -0.659. The largest absolute Gasteiger partial charge is 0.388 e. The molecule has 1 heterocycles. The van der Waals surface area contributed by atoms with Gasteiger partial charge in [-0.25, -0.2) is 4.98 Å². The van der Waals surface area contributed by atoms with Gasteiger partial charge < -0.3 is 9.67 Å². The molecule has 1 N–H and O–H groups in total. The fraction of sp³-hybridized carbons (Fsp3) is 0.235. The van der Waals surface area contributed by atoms with Crippen LogP contribution in [-0.4, -0.2) is 14.7 Å². The van der Waals surface area contributed by atoms with Gasteiger partial charge in [0.15, 0.2) is 0 Å². The number of halogens is 1. The van der Waals surface area contributed by atoms with E-state index in [1.54, 1.807) is 0 Å². The molecule has 1 aromatic heterocycles. The van der Waals surface area contributed by atoms with Crippen molar-refractivity contribution in [2.45, 2.75) is 19.4 Å². The van der Waals surface area contributed by atoms with Crippen molar-refractivity contribution >= 4 is 22.6 Å². The lowest BCUT2D eigenvalue weighted by atomic mass is 10.0. The maximum absolute atomic E-state index is 10.5. The molecule has 3 nitrogen and oxygen atoms in total. The third-order valence-corrected chi connectivity index (χ3v) is 4.10. The Hall–Kier alpha value is -1.84. The van der Waals surface area contributed by atoms with E-state index in [4.69, 9.17) is 11.6 Å². The minimum Gasteiger partial charge on any atom is -0.388 e. The first-order valence-electron chi connectivity index (χ1n) is 6.90. The van der Waals surface area contributed by atoms with Crippen molar-refractivity contribution in [3.63, 3.8) is 0 Å². The highest BCUT2D eigenvalue weighted by Crippen LogP contribution is 2.27. The molecule has 21 heavy (non-hydrogen) atoms. The van der Waals surface area contributed by atoms with E-state index < -0.39 is 6.10 Å². The zero-order valence-electron chi connectivity index (χ0n) is 12.0. The highest BCUT2D eigenvalue weighted by molar-refractivity contribution is 6.31. The van der Waals surface area contributed by atoms with Crippen LogP contribution in [0.1, 0.15) is 23.1 Å². The molecule has 3 rings (SSSR count). The summed E-state index contributed by atoms with van der Waals surface area (Å²) in [6.07, 6.45) is -0.220. The van der Waals surface area contributed by atoms with Gasteiger partial charge in [0.05, 0.1) is 17.1 Å². The molecule has 0 radical (unpaired) electrons. The van der Waals surface area contributed by atoms with Gasteiger partial charge in [0.2, 0.25) is 0 Å². The molecule has 0 spiro atoms. The van der Waals surface area contributed by atoms with E-state index >= 15 is 0 Å². The molecule has 4 heteroatoms. The first-order valence-corrected chi connectivity index (χ1v) is 7.28. The summed E-state index contributed by atoms with van der Waals surface area (Å²) in [7, 11) is 1.97. The molecule has 0 aliphatic rings. The second-order valence-electron chi connectivity index (χ2n) is 5.32. The van der Waals surface area contributed by atoms with E-state index in [1.807, 2.05) is 61.0 Å². The number of benzene rings is 2. The van der Waals surface area contributed by atoms with Crippen LogP contribution in [0.25, 0.3) is 11.0 Å². The van der Waals surface area contributed by atoms with E-state index in [2.05, 4.69) is 4.98 Å². The zero-order chi connectivity index (χ0) is 15.0. The molecule has 108 valence electrons. The lowest BCUT2D eigenvalue weighted by Crippen LogP contribution is -2.07. The average molecular weight is 301 g/mol. The van der Waals surface area contributed by atoms with Gasteiger partial charge in [0.1, 0.15) is 5.82 Å². The molecular formula is C17H17ClN2O. The number of rotatable bonds is 3. The maximum atomic E-state index is 10.5. The Morgan fingerprint density at radius 2 is 2.00 bits per heavy atom. The second-order valence-corrected chi connectivity index (χ2v) is 5.73. The Morgan fingerprint density at radius 1 is 1.24 bits per heavy atom. The van der Waals surface area contributed by atoms with Crippen LogP contribution in [-0.2, 0) is 13.5 Å². The number of hydrogen-bond donors (Lipinski definition) is 1. The summed E-state index contributed by atoms with van der Waals surface area (Å²) in [6, 6.07) is 13.7. The van der Waals surface area contributed by atoms with Crippen LogP contribution in [0, 0.1) is 6.92 Å². The van der Waals surface area contributed by atoms with Gasteiger partial charge in [-0.05, 0) is 36.2 Å². The fourth-order valence-electron chi connectivity index (χ4n) is 2.56. The molecule has 0 bridgehead atoms. The minimum absolute atomic E-state index is 0.438. The van der Waals surface area contributed by atoms with Crippen molar-refractivity contribution in [3.8, 4) is 0 Å². The van der Waals surface area contributed by atoms with Gasteiger partial charge in [0, 0.05) is 18.5 Å². The molecule has 0 aliphatic carbocycles. The van der Waals surface area contributed by atoms with Crippen LogP contribution < -0.4 is 0 Å². The molecule has 1 unspecified atom stereocenters. The normalized spacial score (nSPS) is 12.8.